The summed E-state index contributed by atoms with van der Waals surface area (Å²) in [4.78, 5) is 27.7. The predicted molar refractivity (Wildman–Crippen MR) is 118 cm³/mol. The van der Waals surface area contributed by atoms with Gasteiger partial charge in [0.1, 0.15) is 22.5 Å². The first-order chi connectivity index (χ1) is 15.0. The Morgan fingerprint density at radius 2 is 1.81 bits per heavy atom. The molecule has 2 aromatic carbocycles. The summed E-state index contributed by atoms with van der Waals surface area (Å²) in [6.45, 7) is 2.49. The Hall–Kier alpha value is -3.36. The molecule has 3 heterocycles. The lowest BCUT2D eigenvalue weighted by molar-refractivity contribution is 0.185. The number of rotatable bonds is 4. The number of ether oxygens (including phenoxy) is 1. The van der Waals surface area contributed by atoms with Crippen LogP contribution < -0.4 is 5.56 Å². The van der Waals surface area contributed by atoms with Crippen molar-refractivity contribution in [3.63, 3.8) is 0 Å². The molecule has 0 unspecified atom stereocenters. The van der Waals surface area contributed by atoms with Crippen LogP contribution in [0, 0.1) is 12.7 Å². The zero-order valence-corrected chi connectivity index (χ0v) is 17.5. The van der Waals surface area contributed by atoms with Crippen LogP contribution in [0.4, 0.5) is 4.39 Å². The number of hydrogen-bond acceptors (Lipinski definition) is 5. The summed E-state index contributed by atoms with van der Waals surface area (Å²) >= 11 is 6.05. The second-order valence-corrected chi connectivity index (χ2v) is 7.53. The van der Waals surface area contributed by atoms with Crippen molar-refractivity contribution in [2.24, 2.45) is 0 Å². The summed E-state index contributed by atoms with van der Waals surface area (Å²) in [6.07, 6.45) is 0. The number of para-hydroxylation sites is 2. The lowest BCUT2D eigenvalue weighted by Crippen LogP contribution is -2.25. The van der Waals surface area contributed by atoms with Crippen molar-refractivity contribution in [3.05, 3.63) is 69.5 Å². The molecule has 0 saturated heterocycles. The quantitative estimate of drug-likeness (QED) is 0.424. The molecule has 0 fully saturated rings. The molecule has 31 heavy (non-hydrogen) atoms. The molecule has 9 heteroatoms. The zero-order valence-electron chi connectivity index (χ0n) is 16.8. The van der Waals surface area contributed by atoms with Crippen molar-refractivity contribution in [2.45, 2.75) is 13.5 Å². The number of fused-ring (bicyclic) bond motifs is 4. The molecule has 5 aromatic rings. The average molecular weight is 438 g/mol. The summed E-state index contributed by atoms with van der Waals surface area (Å²) in [5, 5.41) is 0.307. The molecule has 0 aliphatic carbocycles. The van der Waals surface area contributed by atoms with E-state index >= 15 is 0 Å². The van der Waals surface area contributed by atoms with Gasteiger partial charge in [-0.3, -0.25) is 13.9 Å². The zero-order chi connectivity index (χ0) is 21.7. The van der Waals surface area contributed by atoms with Gasteiger partial charge < -0.3 is 4.74 Å². The van der Waals surface area contributed by atoms with E-state index < -0.39 is 5.82 Å². The Morgan fingerprint density at radius 3 is 2.52 bits per heavy atom. The highest BCUT2D eigenvalue weighted by atomic mass is 35.5. The van der Waals surface area contributed by atoms with Crippen LogP contribution in [0.3, 0.4) is 0 Å². The molecular formula is C22H17ClFN5O2. The van der Waals surface area contributed by atoms with Crippen LogP contribution in [0.5, 0.6) is 0 Å². The van der Waals surface area contributed by atoms with Crippen LogP contribution in [-0.4, -0.2) is 37.8 Å². The molecular weight excluding hydrogens is 421 g/mol. The normalized spacial score (nSPS) is 11.7. The van der Waals surface area contributed by atoms with Gasteiger partial charge in [-0.1, -0.05) is 23.7 Å². The van der Waals surface area contributed by atoms with E-state index in [0.29, 0.717) is 57.9 Å². The lowest BCUT2D eigenvalue weighted by Gasteiger charge is -2.10. The molecule has 0 aliphatic rings. The second kappa shape index (κ2) is 7.40. The van der Waals surface area contributed by atoms with Crippen LogP contribution in [-0.2, 0) is 11.3 Å². The fourth-order valence-electron chi connectivity index (χ4n) is 3.75. The predicted octanol–water partition coefficient (Wildman–Crippen LogP) is 4.03. The Kier molecular flexibility index (Phi) is 4.68. The van der Waals surface area contributed by atoms with E-state index in [0.717, 1.165) is 0 Å². The minimum Gasteiger partial charge on any atom is -0.383 e. The number of methoxy groups -OCH3 is 1. The Labute approximate surface area is 180 Å². The lowest BCUT2D eigenvalue weighted by atomic mass is 10.3. The number of benzene rings is 2. The van der Waals surface area contributed by atoms with Gasteiger partial charge in [-0.25, -0.2) is 19.3 Å². The van der Waals surface area contributed by atoms with Crippen molar-refractivity contribution in [2.75, 3.05) is 13.7 Å². The summed E-state index contributed by atoms with van der Waals surface area (Å²) in [5.74, 6) is -0.00912. The molecule has 0 radical (unpaired) electrons. The third kappa shape index (κ3) is 3.07. The van der Waals surface area contributed by atoms with Crippen LogP contribution in [0.25, 0.3) is 38.9 Å². The fraction of sp³-hybridized carbons (Fsp3) is 0.182. The highest BCUT2D eigenvalue weighted by molar-refractivity contribution is 6.31. The van der Waals surface area contributed by atoms with Gasteiger partial charge in [0.25, 0.3) is 5.56 Å². The number of aryl methyl sites for hydroxylation is 1. The third-order valence-electron chi connectivity index (χ3n) is 5.23. The highest BCUT2D eigenvalue weighted by Crippen LogP contribution is 2.30. The first kappa shape index (κ1) is 19.6. The summed E-state index contributed by atoms with van der Waals surface area (Å²) in [7, 11) is 1.58. The van der Waals surface area contributed by atoms with Crippen molar-refractivity contribution in [1.29, 1.82) is 0 Å². The molecule has 0 amide bonds. The molecule has 0 atom stereocenters. The van der Waals surface area contributed by atoms with E-state index in [-0.39, 0.29) is 10.6 Å². The maximum atomic E-state index is 13.8. The number of halogens is 2. The fourth-order valence-corrected chi connectivity index (χ4v) is 3.92. The first-order valence-corrected chi connectivity index (χ1v) is 10.00. The van der Waals surface area contributed by atoms with Gasteiger partial charge in [0.2, 0.25) is 0 Å². The third-order valence-corrected chi connectivity index (χ3v) is 5.52. The smallest absolute Gasteiger partial charge is 0.265 e. The van der Waals surface area contributed by atoms with Crippen molar-refractivity contribution in [1.82, 2.24) is 24.1 Å². The van der Waals surface area contributed by atoms with E-state index in [1.54, 1.807) is 29.2 Å². The monoisotopic (exact) mass is 437 g/mol. The van der Waals surface area contributed by atoms with E-state index in [9.17, 15) is 9.18 Å². The standard InChI is InChI=1S/C22H17ClFN5O2/c1-12-25-20-18(22(30)28(12)9-10-31-2)19-21(27-17-6-4-3-5-16(17)26-19)29(20)13-7-8-15(24)14(23)11-13/h3-8,11H,9-10H2,1-2H3. The molecule has 7 nitrogen and oxygen atoms in total. The average Bonchev–Trinajstić information content (AvgIpc) is 3.06. The van der Waals surface area contributed by atoms with Crippen molar-refractivity contribution >= 4 is 44.8 Å². The van der Waals surface area contributed by atoms with Gasteiger partial charge in [0, 0.05) is 7.11 Å². The van der Waals surface area contributed by atoms with Crippen LogP contribution in [0.2, 0.25) is 5.02 Å². The van der Waals surface area contributed by atoms with Crippen LogP contribution in [0.1, 0.15) is 5.82 Å². The molecule has 0 aliphatic heterocycles. The topological polar surface area (TPSA) is 74.8 Å². The van der Waals surface area contributed by atoms with E-state index in [4.69, 9.17) is 31.3 Å². The first-order valence-electron chi connectivity index (χ1n) is 9.62. The molecule has 3 aromatic heterocycles. The minimum atomic E-state index is -0.534. The molecule has 0 bridgehead atoms. The van der Waals surface area contributed by atoms with Gasteiger partial charge >= 0.3 is 0 Å². The number of aromatic nitrogens is 5. The molecule has 0 N–H and O–H groups in total. The number of hydrogen-bond donors (Lipinski definition) is 0. The Bertz CT molecular complexity index is 1540. The summed E-state index contributed by atoms with van der Waals surface area (Å²) in [5.41, 5.74) is 2.91. The van der Waals surface area contributed by atoms with Gasteiger partial charge in [0.05, 0.1) is 34.9 Å². The maximum absolute atomic E-state index is 13.8. The van der Waals surface area contributed by atoms with E-state index in [1.807, 2.05) is 24.3 Å². The number of nitrogens with zero attached hydrogens (tertiary/aromatic N) is 5. The van der Waals surface area contributed by atoms with Crippen molar-refractivity contribution in [3.8, 4) is 5.69 Å². The maximum Gasteiger partial charge on any atom is 0.265 e. The van der Waals surface area contributed by atoms with E-state index in [2.05, 4.69) is 0 Å². The summed E-state index contributed by atoms with van der Waals surface area (Å²) < 4.78 is 22.2. The Morgan fingerprint density at radius 1 is 1.06 bits per heavy atom. The van der Waals surface area contributed by atoms with Gasteiger partial charge in [0.15, 0.2) is 11.3 Å². The van der Waals surface area contributed by atoms with E-state index in [1.165, 1.54) is 12.1 Å². The van der Waals surface area contributed by atoms with Crippen LogP contribution in [0.15, 0.2) is 47.3 Å². The largest absolute Gasteiger partial charge is 0.383 e. The van der Waals surface area contributed by atoms with Gasteiger partial charge in [-0.2, -0.15) is 0 Å². The molecule has 0 spiro atoms. The summed E-state index contributed by atoms with van der Waals surface area (Å²) in [6, 6.07) is 11.7. The van der Waals surface area contributed by atoms with Gasteiger partial charge in [-0.05, 0) is 37.3 Å². The minimum absolute atomic E-state index is 0.0357. The van der Waals surface area contributed by atoms with Crippen LogP contribution >= 0.6 is 11.6 Å². The van der Waals surface area contributed by atoms with Crippen molar-refractivity contribution < 1.29 is 9.13 Å². The highest BCUT2D eigenvalue weighted by Gasteiger charge is 2.22. The molecule has 156 valence electrons. The van der Waals surface area contributed by atoms with Gasteiger partial charge in [-0.15, -0.1) is 0 Å². The molecule has 5 rings (SSSR count). The second-order valence-electron chi connectivity index (χ2n) is 7.13. The molecule has 0 saturated carbocycles. The Balaban J connectivity index is 1.96. The SMILES string of the molecule is COCCn1c(C)nc2c(c1=O)c1nc3ccccc3nc1n2-c1ccc(F)c(Cl)c1.